The molecule has 2 aliphatic rings. The summed E-state index contributed by atoms with van der Waals surface area (Å²) in [5, 5.41) is 13.5. The number of halogens is 2. The van der Waals surface area contributed by atoms with Crippen LogP contribution in [0.5, 0.6) is 5.75 Å². The lowest BCUT2D eigenvalue weighted by molar-refractivity contribution is 0.0976. The van der Waals surface area contributed by atoms with Crippen LogP contribution in [0.25, 0.3) is 0 Å². The molecular weight excluding hydrogens is 598 g/mol. The van der Waals surface area contributed by atoms with Gasteiger partial charge in [-0.3, -0.25) is 9.69 Å². The highest BCUT2D eigenvalue weighted by Gasteiger charge is 2.48. The van der Waals surface area contributed by atoms with E-state index in [2.05, 4.69) is 5.32 Å². The average Bonchev–Trinajstić information content (AvgIpc) is 3.14. The van der Waals surface area contributed by atoms with Gasteiger partial charge in [0, 0.05) is 22.9 Å². The number of benzene rings is 4. The van der Waals surface area contributed by atoms with Crippen molar-refractivity contribution >= 4 is 27.1 Å². The lowest BCUT2D eigenvalue weighted by atomic mass is 9.88. The van der Waals surface area contributed by atoms with Crippen LogP contribution in [0.15, 0.2) is 102 Å². The van der Waals surface area contributed by atoms with Gasteiger partial charge in [0.15, 0.2) is 9.84 Å². The molecule has 1 atom stereocenters. The summed E-state index contributed by atoms with van der Waals surface area (Å²) in [6.07, 6.45) is 0.263. The normalized spacial score (nSPS) is 18.3. The number of hydrogen-bond donors (Lipinski definition) is 2. The fourth-order valence-corrected chi connectivity index (χ4v) is 8.50. The van der Waals surface area contributed by atoms with Crippen LogP contribution in [-0.2, 0) is 23.1 Å². The van der Waals surface area contributed by atoms with Gasteiger partial charge in [-0.1, -0.05) is 68.4 Å². The Kier molecular flexibility index (Phi) is 7.96. The first-order valence-electron chi connectivity index (χ1n) is 14.5. The largest absolute Gasteiger partial charge is 0.489 e. The van der Waals surface area contributed by atoms with E-state index in [4.69, 9.17) is 4.74 Å². The van der Waals surface area contributed by atoms with E-state index < -0.39 is 45.4 Å². The van der Waals surface area contributed by atoms with E-state index in [1.54, 1.807) is 18.2 Å². The Balaban J connectivity index is 1.58. The molecule has 2 N–H and O–H groups in total. The first-order valence-corrected chi connectivity index (χ1v) is 16.1. The third-order valence-electron chi connectivity index (χ3n) is 8.05. The van der Waals surface area contributed by atoms with Crippen molar-refractivity contribution in [3.05, 3.63) is 135 Å². The Hall–Kier alpha value is -4.54. The Morgan fingerprint density at radius 3 is 2.42 bits per heavy atom. The van der Waals surface area contributed by atoms with Crippen molar-refractivity contribution in [3.8, 4) is 5.75 Å². The maximum absolute atomic E-state index is 16.3. The van der Waals surface area contributed by atoms with E-state index in [1.807, 2.05) is 44.2 Å². The minimum Gasteiger partial charge on any atom is -0.489 e. The van der Waals surface area contributed by atoms with Gasteiger partial charge >= 0.3 is 0 Å². The molecule has 45 heavy (non-hydrogen) atoms. The smallest absolute Gasteiger partial charge is 0.262 e. The third-order valence-corrected chi connectivity index (χ3v) is 10.3. The summed E-state index contributed by atoms with van der Waals surface area (Å²) < 4.78 is 65.7. The van der Waals surface area contributed by atoms with Crippen LogP contribution in [0, 0.1) is 17.0 Å². The quantitative estimate of drug-likeness (QED) is 0.241. The molecule has 4 aromatic rings. The molecule has 0 aromatic heterocycles. The number of ether oxygens (including phenoxy) is 1. The minimum absolute atomic E-state index is 0.105. The van der Waals surface area contributed by atoms with Crippen LogP contribution in [0.4, 0.5) is 20.2 Å². The summed E-state index contributed by atoms with van der Waals surface area (Å²) in [6.45, 7) is 3.39. The number of carbonyl (C=O) groups excluding carboxylic acids is 1. The monoisotopic (exact) mass is 630 g/mol. The number of fused-ring (bicyclic) bond motifs is 1. The zero-order valence-electron chi connectivity index (χ0n) is 24.8. The van der Waals surface area contributed by atoms with E-state index in [0.717, 1.165) is 22.6 Å². The van der Waals surface area contributed by atoms with Crippen molar-refractivity contribution in [2.75, 3.05) is 16.0 Å². The standard InChI is InChI=1S/C35H32F2N2O5S/c1-35(2)18-29-33(45(42,43)21-35)32(25-16-15-24(17-28(25)37)44-20-22-9-4-3-5-10-22)39(34(41)26-12-6-7-13-27(26)36)30-14-8-11-23(19-40)31(30)38-29/h3-17,32,38,40H,18-21H2,1-2H3/t32-/m0/s1. The van der Waals surface area contributed by atoms with Gasteiger partial charge in [0.2, 0.25) is 0 Å². The van der Waals surface area contributed by atoms with Crippen molar-refractivity contribution in [2.45, 2.75) is 39.5 Å². The molecule has 10 heteroatoms. The van der Waals surface area contributed by atoms with E-state index in [0.29, 0.717) is 5.56 Å². The number of sulfone groups is 1. The van der Waals surface area contributed by atoms with Crippen LogP contribution in [0.2, 0.25) is 0 Å². The first kappa shape index (κ1) is 30.5. The molecule has 0 radical (unpaired) electrons. The topological polar surface area (TPSA) is 95.9 Å². The van der Waals surface area contributed by atoms with Gasteiger partial charge in [-0.2, -0.15) is 0 Å². The highest BCUT2D eigenvalue weighted by molar-refractivity contribution is 7.95. The molecule has 2 aliphatic heterocycles. The Morgan fingerprint density at radius 1 is 0.978 bits per heavy atom. The van der Waals surface area contributed by atoms with Crippen LogP contribution >= 0.6 is 0 Å². The number of nitrogens with zero attached hydrogens (tertiary/aromatic N) is 1. The van der Waals surface area contributed by atoms with Gasteiger partial charge in [0.05, 0.1) is 34.2 Å². The minimum atomic E-state index is -4.11. The van der Waals surface area contributed by atoms with Crippen molar-refractivity contribution in [1.29, 1.82) is 0 Å². The number of para-hydroxylation sites is 1. The second-order valence-electron chi connectivity index (χ2n) is 12.1. The molecule has 0 fully saturated rings. The van der Waals surface area contributed by atoms with Crippen LogP contribution in [0.1, 0.15) is 53.4 Å². The van der Waals surface area contributed by atoms with Crippen LogP contribution < -0.4 is 15.0 Å². The summed E-state index contributed by atoms with van der Waals surface area (Å²) in [5.41, 5.74) is 0.892. The lowest BCUT2D eigenvalue weighted by Gasteiger charge is -2.37. The molecule has 4 aromatic carbocycles. The van der Waals surface area contributed by atoms with Gasteiger partial charge in [0.25, 0.3) is 5.91 Å². The summed E-state index contributed by atoms with van der Waals surface area (Å²) in [5.74, 6) is -2.52. The van der Waals surface area contributed by atoms with Gasteiger partial charge in [-0.25, -0.2) is 17.2 Å². The third kappa shape index (κ3) is 5.83. The molecule has 2 heterocycles. The molecule has 0 saturated carbocycles. The van der Waals surface area contributed by atoms with Gasteiger partial charge in [0.1, 0.15) is 30.0 Å². The number of rotatable bonds is 6. The summed E-state index contributed by atoms with van der Waals surface area (Å²) in [7, 11) is -4.11. The number of aliphatic hydroxyl groups is 1. The van der Waals surface area contributed by atoms with Gasteiger partial charge < -0.3 is 15.2 Å². The molecule has 1 amide bonds. The molecule has 0 spiro atoms. The maximum atomic E-state index is 16.3. The first-order chi connectivity index (χ1) is 21.5. The predicted molar refractivity (Wildman–Crippen MR) is 168 cm³/mol. The van der Waals surface area contributed by atoms with E-state index in [1.165, 1.54) is 30.3 Å². The Labute approximate surface area is 260 Å². The second kappa shape index (κ2) is 11.8. The number of amides is 1. The number of carbonyl (C=O) groups is 1. The molecule has 0 aliphatic carbocycles. The zero-order chi connectivity index (χ0) is 31.9. The lowest BCUT2D eigenvalue weighted by Crippen LogP contribution is -2.41. The number of nitrogens with one attached hydrogen (secondary N) is 1. The average molecular weight is 631 g/mol. The Bertz CT molecular complexity index is 1930. The molecule has 6 rings (SSSR count). The number of aliphatic hydroxyl groups excluding tert-OH is 1. The van der Waals surface area contributed by atoms with Crippen molar-refractivity contribution in [1.82, 2.24) is 0 Å². The fourth-order valence-electron chi connectivity index (χ4n) is 6.14. The molecular formula is C35H32F2N2O5S. The predicted octanol–water partition coefficient (Wildman–Crippen LogP) is 6.91. The molecule has 0 saturated heterocycles. The zero-order valence-corrected chi connectivity index (χ0v) is 25.6. The summed E-state index contributed by atoms with van der Waals surface area (Å²) >= 11 is 0. The van der Waals surface area contributed by atoms with Crippen LogP contribution in [-0.4, -0.2) is 25.2 Å². The Morgan fingerprint density at radius 2 is 1.71 bits per heavy atom. The van der Waals surface area contributed by atoms with E-state index >= 15 is 8.78 Å². The number of anilines is 2. The van der Waals surface area contributed by atoms with Gasteiger partial charge in [-0.15, -0.1) is 0 Å². The second-order valence-corrected chi connectivity index (χ2v) is 14.0. The molecule has 0 unspecified atom stereocenters. The van der Waals surface area contributed by atoms with Crippen LogP contribution in [0.3, 0.4) is 0 Å². The summed E-state index contributed by atoms with van der Waals surface area (Å²) in [4.78, 5) is 15.3. The maximum Gasteiger partial charge on any atom is 0.262 e. The highest BCUT2D eigenvalue weighted by Crippen LogP contribution is 2.51. The van der Waals surface area contributed by atoms with E-state index in [-0.39, 0.29) is 57.6 Å². The fraction of sp³-hybridized carbons (Fsp3) is 0.229. The van der Waals surface area contributed by atoms with Crippen molar-refractivity contribution in [3.63, 3.8) is 0 Å². The molecule has 7 nitrogen and oxygen atoms in total. The van der Waals surface area contributed by atoms with Gasteiger partial charge in [-0.05, 0) is 47.7 Å². The number of allylic oxidation sites excluding steroid dienone is 1. The number of hydrogen-bond acceptors (Lipinski definition) is 6. The SMILES string of the molecule is CC1(C)CC2=C([C@H](c3ccc(OCc4ccccc4)cc3F)N(C(=O)c3ccccc3F)c3cccc(CO)c3N2)S(=O)(=O)C1. The molecule has 0 bridgehead atoms. The van der Waals surface area contributed by atoms with Crippen molar-refractivity contribution < 1.29 is 31.8 Å². The van der Waals surface area contributed by atoms with Crippen molar-refractivity contribution in [2.24, 2.45) is 5.41 Å². The highest BCUT2D eigenvalue weighted by atomic mass is 32.2. The molecule has 232 valence electrons. The summed E-state index contributed by atoms with van der Waals surface area (Å²) in [6, 6.07) is 22.1. The van der Waals surface area contributed by atoms with E-state index in [9.17, 15) is 18.3 Å².